The predicted octanol–water partition coefficient (Wildman–Crippen LogP) is 5.54. The highest BCUT2D eigenvalue weighted by Gasteiger charge is 2.19. The monoisotopic (exact) mass is 389 g/mol. The molecule has 0 bridgehead atoms. The molecule has 5 nitrogen and oxygen atoms in total. The van der Waals surface area contributed by atoms with Crippen molar-refractivity contribution in [2.75, 3.05) is 11.1 Å². The number of anilines is 2. The number of aryl methyl sites for hydroxylation is 2. The van der Waals surface area contributed by atoms with E-state index in [4.69, 9.17) is 10.5 Å². The Morgan fingerprint density at radius 3 is 2.43 bits per heavy atom. The number of carbonyl (C=O) groups is 1. The van der Waals surface area contributed by atoms with Crippen LogP contribution < -0.4 is 15.8 Å². The number of nitrogen functional groups attached to an aromatic ring is 1. The molecule has 6 heteroatoms. The molecular weight excluding hydrogens is 370 g/mol. The Balaban J connectivity index is 1.53. The number of fused-ring (bicyclic) bond motifs is 1. The second-order valence-electron chi connectivity index (χ2n) is 6.50. The topological polar surface area (TPSA) is 77.2 Å². The van der Waals surface area contributed by atoms with Crippen LogP contribution in [0.25, 0.3) is 10.2 Å². The first kappa shape index (κ1) is 18.0. The summed E-state index contributed by atoms with van der Waals surface area (Å²) in [4.78, 5) is 18.5. The first-order valence-electron chi connectivity index (χ1n) is 8.82. The third-order valence-corrected chi connectivity index (χ3v) is 5.42. The Morgan fingerprint density at radius 1 is 1.04 bits per heavy atom. The van der Waals surface area contributed by atoms with Gasteiger partial charge in [-0.15, -0.1) is 11.3 Å². The lowest BCUT2D eigenvalue weighted by Crippen LogP contribution is -2.11. The zero-order valence-corrected chi connectivity index (χ0v) is 16.3. The average molecular weight is 389 g/mol. The van der Waals surface area contributed by atoms with Crippen LogP contribution in [-0.2, 0) is 0 Å². The van der Waals surface area contributed by atoms with E-state index in [2.05, 4.69) is 10.3 Å². The summed E-state index contributed by atoms with van der Waals surface area (Å²) in [5, 5.41) is 3.75. The first-order chi connectivity index (χ1) is 13.5. The van der Waals surface area contributed by atoms with Crippen molar-refractivity contribution >= 4 is 38.8 Å². The molecule has 2 aromatic carbocycles. The minimum Gasteiger partial charge on any atom is -0.457 e. The van der Waals surface area contributed by atoms with E-state index in [0.29, 0.717) is 22.0 Å². The summed E-state index contributed by atoms with van der Waals surface area (Å²) in [5.41, 5.74) is 9.33. The van der Waals surface area contributed by atoms with E-state index in [9.17, 15) is 4.79 Å². The third-order valence-electron chi connectivity index (χ3n) is 4.32. The summed E-state index contributed by atoms with van der Waals surface area (Å²) in [5.74, 6) is 1.21. The number of hydrogen-bond donors (Lipinski definition) is 2. The van der Waals surface area contributed by atoms with E-state index in [-0.39, 0.29) is 5.91 Å². The quantitative estimate of drug-likeness (QED) is 0.480. The summed E-state index contributed by atoms with van der Waals surface area (Å²) in [7, 11) is 0. The standard InChI is InChI=1S/C22H19N3O2S/c1-13-12-14(2)24-22-18(13)19(23)20(28-22)21(26)25-15-8-10-17(11-9-15)27-16-6-4-3-5-7-16/h3-12H,23H2,1-2H3,(H,25,26). The molecule has 2 aromatic heterocycles. The molecule has 0 aliphatic rings. The molecule has 3 N–H and O–H groups in total. The highest BCUT2D eigenvalue weighted by molar-refractivity contribution is 7.21. The summed E-state index contributed by atoms with van der Waals surface area (Å²) in [6.45, 7) is 3.91. The van der Waals surface area contributed by atoms with Gasteiger partial charge in [-0.05, 0) is 61.9 Å². The van der Waals surface area contributed by atoms with Crippen molar-refractivity contribution in [3.63, 3.8) is 0 Å². The van der Waals surface area contributed by atoms with E-state index in [1.54, 1.807) is 12.1 Å². The number of nitrogens with one attached hydrogen (secondary N) is 1. The van der Waals surface area contributed by atoms with Gasteiger partial charge in [0.2, 0.25) is 0 Å². The molecule has 0 atom stereocenters. The molecule has 0 aliphatic heterocycles. The van der Waals surface area contributed by atoms with Gasteiger partial charge in [-0.25, -0.2) is 4.98 Å². The van der Waals surface area contributed by atoms with E-state index in [1.165, 1.54) is 11.3 Å². The number of nitrogens with zero attached hydrogens (tertiary/aromatic N) is 1. The van der Waals surface area contributed by atoms with Crippen LogP contribution in [0.3, 0.4) is 0 Å². The SMILES string of the molecule is Cc1cc(C)c2c(N)c(C(=O)Nc3ccc(Oc4ccccc4)cc3)sc2n1. The number of rotatable bonds is 4. The Bertz CT molecular complexity index is 1150. The molecule has 2 heterocycles. The number of carbonyl (C=O) groups excluding carboxylic acids is 1. The number of hydrogen-bond acceptors (Lipinski definition) is 5. The largest absolute Gasteiger partial charge is 0.457 e. The van der Waals surface area contributed by atoms with Crippen LogP contribution in [-0.4, -0.2) is 10.9 Å². The average Bonchev–Trinajstić information content (AvgIpc) is 3.01. The van der Waals surface area contributed by atoms with Crippen molar-refractivity contribution in [2.45, 2.75) is 13.8 Å². The molecule has 0 fully saturated rings. The van der Waals surface area contributed by atoms with Gasteiger partial charge in [0.1, 0.15) is 21.2 Å². The molecule has 0 radical (unpaired) electrons. The van der Waals surface area contributed by atoms with Crippen molar-refractivity contribution in [3.8, 4) is 11.5 Å². The van der Waals surface area contributed by atoms with Crippen LogP contribution in [0.15, 0.2) is 60.7 Å². The number of aromatic nitrogens is 1. The lowest BCUT2D eigenvalue weighted by Gasteiger charge is -2.08. The minimum absolute atomic E-state index is 0.241. The van der Waals surface area contributed by atoms with Crippen LogP contribution in [0.1, 0.15) is 20.9 Å². The van der Waals surface area contributed by atoms with Crippen LogP contribution in [0, 0.1) is 13.8 Å². The van der Waals surface area contributed by atoms with Crippen molar-refractivity contribution in [1.29, 1.82) is 0 Å². The van der Waals surface area contributed by atoms with Gasteiger partial charge in [0, 0.05) is 16.8 Å². The number of benzene rings is 2. The van der Waals surface area contributed by atoms with Crippen molar-refractivity contribution in [2.24, 2.45) is 0 Å². The van der Waals surface area contributed by atoms with E-state index in [1.807, 2.05) is 62.4 Å². The second-order valence-corrected chi connectivity index (χ2v) is 7.50. The fraction of sp³-hybridized carbons (Fsp3) is 0.0909. The van der Waals surface area contributed by atoms with E-state index in [0.717, 1.165) is 27.2 Å². The van der Waals surface area contributed by atoms with Crippen LogP contribution >= 0.6 is 11.3 Å². The number of thiophene rings is 1. The molecule has 0 spiro atoms. The summed E-state index contributed by atoms with van der Waals surface area (Å²) in [6, 6.07) is 18.7. The van der Waals surface area contributed by atoms with Crippen molar-refractivity contribution < 1.29 is 9.53 Å². The minimum atomic E-state index is -0.241. The number of pyridine rings is 1. The summed E-state index contributed by atoms with van der Waals surface area (Å²) >= 11 is 1.31. The third kappa shape index (κ3) is 3.54. The Labute approximate surface area is 166 Å². The predicted molar refractivity (Wildman–Crippen MR) is 114 cm³/mol. The zero-order chi connectivity index (χ0) is 19.7. The smallest absolute Gasteiger partial charge is 0.267 e. The van der Waals surface area contributed by atoms with Gasteiger partial charge in [-0.3, -0.25) is 4.79 Å². The van der Waals surface area contributed by atoms with Crippen LogP contribution in [0.2, 0.25) is 0 Å². The maximum atomic E-state index is 12.7. The summed E-state index contributed by atoms with van der Waals surface area (Å²) < 4.78 is 5.77. The van der Waals surface area contributed by atoms with Gasteiger partial charge in [-0.1, -0.05) is 18.2 Å². The molecule has 4 rings (SSSR count). The fourth-order valence-electron chi connectivity index (χ4n) is 3.06. The Morgan fingerprint density at radius 2 is 1.71 bits per heavy atom. The normalized spacial score (nSPS) is 10.8. The Kier molecular flexibility index (Phi) is 4.71. The maximum absolute atomic E-state index is 12.7. The number of nitrogens with two attached hydrogens (primary N) is 1. The number of ether oxygens (including phenoxy) is 1. The highest BCUT2D eigenvalue weighted by atomic mass is 32.1. The number of amides is 1. The van der Waals surface area contributed by atoms with Gasteiger partial charge >= 0.3 is 0 Å². The van der Waals surface area contributed by atoms with E-state index < -0.39 is 0 Å². The fourth-order valence-corrected chi connectivity index (χ4v) is 4.17. The Hall–Kier alpha value is -3.38. The van der Waals surface area contributed by atoms with Crippen molar-refractivity contribution in [1.82, 2.24) is 4.98 Å². The highest BCUT2D eigenvalue weighted by Crippen LogP contribution is 2.35. The zero-order valence-electron chi connectivity index (χ0n) is 15.5. The molecule has 4 aromatic rings. The molecular formula is C22H19N3O2S. The lowest BCUT2D eigenvalue weighted by atomic mass is 10.1. The first-order valence-corrected chi connectivity index (χ1v) is 9.63. The molecule has 0 saturated heterocycles. The molecule has 140 valence electrons. The molecule has 0 saturated carbocycles. The van der Waals surface area contributed by atoms with Crippen molar-refractivity contribution in [3.05, 3.63) is 76.8 Å². The molecule has 0 unspecified atom stereocenters. The molecule has 28 heavy (non-hydrogen) atoms. The van der Waals surface area contributed by atoms with Gasteiger partial charge in [0.05, 0.1) is 5.69 Å². The number of para-hydroxylation sites is 1. The molecule has 0 aliphatic carbocycles. The lowest BCUT2D eigenvalue weighted by molar-refractivity contribution is 0.103. The maximum Gasteiger partial charge on any atom is 0.267 e. The summed E-state index contributed by atoms with van der Waals surface area (Å²) in [6.07, 6.45) is 0. The second kappa shape index (κ2) is 7.32. The van der Waals surface area contributed by atoms with Crippen LogP contribution in [0.4, 0.5) is 11.4 Å². The van der Waals surface area contributed by atoms with E-state index >= 15 is 0 Å². The van der Waals surface area contributed by atoms with Gasteiger partial charge in [0.25, 0.3) is 5.91 Å². The van der Waals surface area contributed by atoms with Gasteiger partial charge in [-0.2, -0.15) is 0 Å². The van der Waals surface area contributed by atoms with Gasteiger partial charge in [0.15, 0.2) is 0 Å². The van der Waals surface area contributed by atoms with Gasteiger partial charge < -0.3 is 15.8 Å². The molecule has 1 amide bonds. The van der Waals surface area contributed by atoms with Crippen LogP contribution in [0.5, 0.6) is 11.5 Å².